The zero-order valence-corrected chi connectivity index (χ0v) is 27.6. The van der Waals surface area contributed by atoms with Crippen molar-refractivity contribution >= 4 is 39.1 Å². The molecule has 6 aliphatic rings. The second kappa shape index (κ2) is 10.0. The highest BCUT2D eigenvalue weighted by Crippen LogP contribution is 2.78. The Bertz CT molecular complexity index is 1790. The number of halogens is 3. The normalized spacial score (nSPS) is 39.5. The van der Waals surface area contributed by atoms with E-state index in [0.717, 1.165) is 46.0 Å². The fourth-order valence-electron chi connectivity index (χ4n) is 10.7. The van der Waals surface area contributed by atoms with Gasteiger partial charge in [-0.15, -0.1) is 11.3 Å². The second-order valence-corrected chi connectivity index (χ2v) is 17.2. The maximum atomic E-state index is 14.6. The third kappa shape index (κ3) is 4.07. The average Bonchev–Trinajstić information content (AvgIpc) is 3.57. The van der Waals surface area contributed by atoms with Crippen LogP contribution in [0.5, 0.6) is 0 Å². The van der Waals surface area contributed by atoms with Gasteiger partial charge in [0.2, 0.25) is 0 Å². The van der Waals surface area contributed by atoms with Crippen molar-refractivity contribution in [1.82, 2.24) is 4.98 Å². The highest BCUT2D eigenvalue weighted by atomic mass is 32.2. The quantitative estimate of drug-likeness (QED) is 0.162. The van der Waals surface area contributed by atoms with Gasteiger partial charge >= 0.3 is 6.18 Å². The van der Waals surface area contributed by atoms with Crippen LogP contribution in [0.3, 0.4) is 0 Å². The number of ketones is 1. The monoisotopic (exact) mass is 665 g/mol. The summed E-state index contributed by atoms with van der Waals surface area (Å²) in [6.45, 7) is 4.48. The third-order valence-corrected chi connectivity index (χ3v) is 15.5. The van der Waals surface area contributed by atoms with E-state index in [1.807, 2.05) is 24.3 Å². The smallest absolute Gasteiger partial charge is 0.393 e. The van der Waals surface area contributed by atoms with Crippen LogP contribution in [-0.2, 0) is 6.18 Å². The highest BCUT2D eigenvalue weighted by molar-refractivity contribution is 8.01. The third-order valence-electron chi connectivity index (χ3n) is 13.1. The first-order valence-corrected chi connectivity index (χ1v) is 18.1. The van der Waals surface area contributed by atoms with Crippen molar-refractivity contribution in [3.05, 3.63) is 83.5 Å². The molecule has 0 amide bonds. The van der Waals surface area contributed by atoms with Crippen molar-refractivity contribution < 1.29 is 28.2 Å². The average molecular weight is 666 g/mol. The molecular formula is C37H38F3NO3S2. The van der Waals surface area contributed by atoms with Gasteiger partial charge in [-0.25, -0.2) is 4.98 Å². The maximum Gasteiger partial charge on any atom is 0.416 e. The van der Waals surface area contributed by atoms with E-state index >= 15 is 0 Å². The molecule has 2 N–H and O–H groups in total. The van der Waals surface area contributed by atoms with E-state index in [0.29, 0.717) is 37.0 Å². The van der Waals surface area contributed by atoms with Crippen molar-refractivity contribution in [3.63, 3.8) is 0 Å². The Kier molecular flexibility index (Phi) is 6.73. The predicted octanol–water partition coefficient (Wildman–Crippen LogP) is 8.88. The van der Waals surface area contributed by atoms with Crippen LogP contribution in [0.2, 0.25) is 0 Å². The molecule has 0 aliphatic heterocycles. The maximum absolute atomic E-state index is 14.6. The molecule has 1 heterocycles. The summed E-state index contributed by atoms with van der Waals surface area (Å²) in [7, 11) is 0. The number of hydrogen-bond donors (Lipinski definition) is 2. The molecule has 2 spiro atoms. The van der Waals surface area contributed by atoms with Gasteiger partial charge < -0.3 is 10.2 Å². The molecule has 3 saturated carbocycles. The van der Waals surface area contributed by atoms with Crippen LogP contribution in [0.4, 0.5) is 13.2 Å². The van der Waals surface area contributed by atoms with E-state index < -0.39 is 39.7 Å². The molecule has 46 heavy (non-hydrogen) atoms. The topological polar surface area (TPSA) is 70.4 Å². The number of aliphatic hydroxyl groups excluding tert-OH is 1. The van der Waals surface area contributed by atoms with E-state index in [4.69, 9.17) is 4.98 Å². The zero-order valence-electron chi connectivity index (χ0n) is 25.9. The van der Waals surface area contributed by atoms with Crippen molar-refractivity contribution in [1.29, 1.82) is 0 Å². The van der Waals surface area contributed by atoms with Crippen molar-refractivity contribution in [2.24, 2.45) is 33.5 Å². The minimum absolute atomic E-state index is 0.0385. The number of thiazole rings is 1. The molecule has 9 heteroatoms. The number of allylic oxidation sites excluding steroid dienone is 4. The first-order chi connectivity index (χ1) is 21.7. The molecule has 4 nitrogen and oxygen atoms in total. The van der Waals surface area contributed by atoms with Gasteiger partial charge in [0.1, 0.15) is 0 Å². The molecule has 2 bridgehead atoms. The van der Waals surface area contributed by atoms with Gasteiger partial charge in [-0.1, -0.05) is 68.1 Å². The van der Waals surface area contributed by atoms with E-state index in [2.05, 4.69) is 32.1 Å². The number of hydrogen-bond acceptors (Lipinski definition) is 6. The number of benzene rings is 2. The van der Waals surface area contributed by atoms with Gasteiger partial charge in [-0.3, -0.25) is 4.79 Å². The lowest BCUT2D eigenvalue weighted by Gasteiger charge is -2.71. The summed E-state index contributed by atoms with van der Waals surface area (Å²) < 4.78 is 43.3. The van der Waals surface area contributed by atoms with Crippen LogP contribution in [0.1, 0.15) is 74.7 Å². The molecule has 3 aromatic rings. The summed E-state index contributed by atoms with van der Waals surface area (Å²) in [5, 5.41) is 23.4. The second-order valence-electron chi connectivity index (χ2n) is 15.0. The van der Waals surface area contributed by atoms with Crippen molar-refractivity contribution in [2.45, 2.75) is 81.0 Å². The number of aliphatic hydroxyl groups is 2. The lowest BCUT2D eigenvalue weighted by atomic mass is 9.32. The lowest BCUT2D eigenvalue weighted by molar-refractivity contribution is -0.166. The Labute approximate surface area is 275 Å². The minimum atomic E-state index is -4.56. The standard InChI is InChI=1S/C37H38F3NO3S2/c1-32-13-10-24(42)19-34(32)16-17-36(25(20-34)30(43)22-6-5-7-23(18-22)37(38,39)40)28(32)11-14-33(2)29(36)12-15-35(33,44)21-45-31-41-26-8-3-4-9-27(26)46-31/h3-9,16-18,20,24,28-29,42,44H,10-15,19,21H2,1-2H3. The molecular weight excluding hydrogens is 628 g/mol. The van der Waals surface area contributed by atoms with Crippen molar-refractivity contribution in [2.75, 3.05) is 5.75 Å². The van der Waals surface area contributed by atoms with E-state index in [-0.39, 0.29) is 28.6 Å². The minimum Gasteiger partial charge on any atom is -0.393 e. The Morgan fingerprint density at radius 1 is 1.00 bits per heavy atom. The number of carbonyl (C=O) groups is 1. The van der Waals surface area contributed by atoms with Crippen LogP contribution in [0, 0.1) is 33.5 Å². The molecule has 9 rings (SSSR count). The fraction of sp³-hybridized carbons (Fsp3) is 0.514. The lowest BCUT2D eigenvalue weighted by Crippen LogP contribution is -2.67. The number of aromatic nitrogens is 1. The number of rotatable bonds is 5. The molecule has 242 valence electrons. The van der Waals surface area contributed by atoms with Crippen LogP contribution < -0.4 is 0 Å². The van der Waals surface area contributed by atoms with Crippen LogP contribution in [-0.4, -0.2) is 38.4 Å². The Balaban J connectivity index is 1.21. The van der Waals surface area contributed by atoms with E-state index in [9.17, 15) is 28.2 Å². The number of nitrogens with zero attached hydrogens (tertiary/aromatic N) is 1. The molecule has 2 aromatic carbocycles. The Hall–Kier alpha value is -2.46. The van der Waals surface area contributed by atoms with Crippen molar-refractivity contribution in [3.8, 4) is 0 Å². The summed E-state index contributed by atoms with van der Waals surface area (Å²) in [6, 6.07) is 12.8. The Morgan fingerprint density at radius 2 is 1.74 bits per heavy atom. The van der Waals surface area contributed by atoms with E-state index in [1.54, 1.807) is 23.1 Å². The summed E-state index contributed by atoms with van der Waals surface area (Å²) in [5.74, 6) is 0.118. The molecule has 8 atom stereocenters. The van der Waals surface area contributed by atoms with Gasteiger partial charge in [-0.2, -0.15) is 13.2 Å². The van der Waals surface area contributed by atoms with Gasteiger partial charge in [0.05, 0.1) is 27.5 Å². The van der Waals surface area contributed by atoms with Gasteiger partial charge in [-0.05, 0) is 86.5 Å². The molecule has 0 radical (unpaired) electrons. The summed E-state index contributed by atoms with van der Waals surface area (Å²) in [6.07, 6.45) is 6.30. The number of carbonyl (C=O) groups excluding carboxylic acids is 1. The summed E-state index contributed by atoms with van der Waals surface area (Å²) in [4.78, 5) is 19.4. The van der Waals surface area contributed by atoms with Gasteiger partial charge in [0, 0.05) is 33.1 Å². The summed E-state index contributed by atoms with van der Waals surface area (Å²) in [5.41, 5.74) is -2.30. The molecule has 1 aromatic heterocycles. The number of fused-ring (bicyclic) bond motifs is 2. The van der Waals surface area contributed by atoms with Crippen LogP contribution >= 0.6 is 23.1 Å². The Morgan fingerprint density at radius 3 is 2.52 bits per heavy atom. The van der Waals surface area contributed by atoms with Crippen LogP contribution in [0.15, 0.2) is 76.7 Å². The fourth-order valence-corrected chi connectivity index (χ4v) is 13.0. The number of Topliss-reactive ketones (excluding diaryl/α,β-unsaturated/α-hetero) is 1. The largest absolute Gasteiger partial charge is 0.416 e. The van der Waals surface area contributed by atoms with Gasteiger partial charge in [0.25, 0.3) is 0 Å². The molecule has 3 fully saturated rings. The van der Waals surface area contributed by atoms with Crippen LogP contribution in [0.25, 0.3) is 10.2 Å². The number of alkyl halides is 3. The SMILES string of the molecule is CC12CCC(O)CC13C=CC1(C(C(=O)c4cccc(C(F)(F)F)c4)=C3)C2CCC2(C)C1CCC2(O)CSc1nc2ccccc2s1. The number of thioether (sulfide) groups is 1. The highest BCUT2D eigenvalue weighted by Gasteiger charge is 2.74. The first-order valence-electron chi connectivity index (χ1n) is 16.3. The van der Waals surface area contributed by atoms with E-state index in [1.165, 1.54) is 12.1 Å². The summed E-state index contributed by atoms with van der Waals surface area (Å²) >= 11 is 3.22. The molecule has 8 unspecified atom stereocenters. The molecule has 0 saturated heterocycles. The first kappa shape index (κ1) is 30.8. The van der Waals surface area contributed by atoms with Gasteiger partial charge in [0.15, 0.2) is 10.1 Å². The number of para-hydroxylation sites is 1. The predicted molar refractivity (Wildman–Crippen MR) is 175 cm³/mol. The molecule has 6 aliphatic carbocycles. The zero-order chi connectivity index (χ0) is 32.3.